The van der Waals surface area contributed by atoms with Crippen molar-refractivity contribution in [2.24, 2.45) is 5.92 Å². The molecule has 0 radical (unpaired) electrons. The number of aryl methyl sites for hydroxylation is 1. The topological polar surface area (TPSA) is 51.0 Å². The molecule has 1 atom stereocenters. The summed E-state index contributed by atoms with van der Waals surface area (Å²) < 4.78 is 5.31. The van der Waals surface area contributed by atoms with E-state index in [1.807, 2.05) is 0 Å². The van der Waals surface area contributed by atoms with Gasteiger partial charge in [0.2, 0.25) is 5.89 Å². The minimum absolute atomic E-state index is 0.444. The molecular weight excluding hydrogens is 226 g/mol. The van der Waals surface area contributed by atoms with Gasteiger partial charge in [-0.05, 0) is 31.7 Å². The smallest absolute Gasteiger partial charge is 0.228 e. The average molecular weight is 253 g/mol. The Morgan fingerprint density at radius 2 is 2.00 bits per heavy atom. The van der Waals surface area contributed by atoms with Crippen LogP contribution in [0.15, 0.2) is 4.52 Å². The predicted octanol–water partition coefficient (Wildman–Crippen LogP) is 2.98. The van der Waals surface area contributed by atoms with Crippen molar-refractivity contribution in [2.75, 3.05) is 6.54 Å². The summed E-state index contributed by atoms with van der Waals surface area (Å²) in [6.07, 6.45) is 5.10. The van der Waals surface area contributed by atoms with Crippen LogP contribution in [0, 0.1) is 5.92 Å². The summed E-state index contributed by atoms with van der Waals surface area (Å²) in [5.41, 5.74) is 0. The number of nitrogens with zero attached hydrogens (tertiary/aromatic N) is 2. The van der Waals surface area contributed by atoms with E-state index < -0.39 is 0 Å². The molecule has 1 aromatic rings. The molecule has 1 unspecified atom stereocenters. The van der Waals surface area contributed by atoms with Crippen LogP contribution in [0.4, 0.5) is 0 Å². The van der Waals surface area contributed by atoms with Gasteiger partial charge in [-0.1, -0.05) is 32.9 Å². The number of hydrogen-bond acceptors (Lipinski definition) is 4. The van der Waals surface area contributed by atoms with Crippen LogP contribution >= 0.6 is 0 Å². The maximum atomic E-state index is 5.31. The van der Waals surface area contributed by atoms with E-state index in [1.54, 1.807) is 0 Å². The second kappa shape index (κ2) is 8.25. The molecule has 0 saturated heterocycles. The van der Waals surface area contributed by atoms with Crippen molar-refractivity contribution in [3.63, 3.8) is 0 Å². The third kappa shape index (κ3) is 5.63. The zero-order chi connectivity index (χ0) is 13.4. The van der Waals surface area contributed by atoms with Crippen LogP contribution in [0.2, 0.25) is 0 Å². The number of rotatable bonds is 9. The first-order valence-corrected chi connectivity index (χ1v) is 7.20. The Kier molecular flexibility index (Phi) is 6.94. The maximum absolute atomic E-state index is 5.31. The zero-order valence-corrected chi connectivity index (χ0v) is 12.2. The molecule has 0 aliphatic heterocycles. The lowest BCUT2D eigenvalue weighted by atomic mass is 10.0. The second-order valence-corrected chi connectivity index (χ2v) is 5.34. The van der Waals surface area contributed by atoms with Crippen molar-refractivity contribution < 1.29 is 4.52 Å². The third-order valence-electron chi connectivity index (χ3n) is 2.84. The van der Waals surface area contributed by atoms with E-state index in [9.17, 15) is 0 Å². The van der Waals surface area contributed by atoms with Crippen molar-refractivity contribution in [3.8, 4) is 0 Å². The molecule has 0 bridgehead atoms. The Balaban J connectivity index is 2.51. The molecule has 1 heterocycles. The molecule has 1 aromatic heterocycles. The minimum atomic E-state index is 0.444. The highest BCUT2D eigenvalue weighted by molar-refractivity contribution is 4.90. The molecule has 1 rings (SSSR count). The largest absolute Gasteiger partial charge is 0.339 e. The summed E-state index contributed by atoms with van der Waals surface area (Å²) in [6, 6.07) is 0.444. The van der Waals surface area contributed by atoms with Crippen LogP contribution in [0.1, 0.15) is 58.7 Å². The van der Waals surface area contributed by atoms with Gasteiger partial charge in [0.25, 0.3) is 0 Å². The van der Waals surface area contributed by atoms with Crippen LogP contribution in [-0.4, -0.2) is 22.7 Å². The van der Waals surface area contributed by atoms with E-state index in [2.05, 4.69) is 43.2 Å². The molecule has 0 amide bonds. The third-order valence-corrected chi connectivity index (χ3v) is 2.84. The van der Waals surface area contributed by atoms with E-state index in [-0.39, 0.29) is 0 Å². The SMILES string of the molecule is CCCNC(Cc1nc(CCC)no1)CC(C)C. The predicted molar refractivity (Wildman–Crippen MR) is 73.5 cm³/mol. The molecular formula is C14H27N3O. The number of hydrogen-bond donors (Lipinski definition) is 1. The number of nitrogens with one attached hydrogen (secondary N) is 1. The van der Waals surface area contributed by atoms with Gasteiger partial charge in [0.15, 0.2) is 5.82 Å². The molecule has 0 aliphatic carbocycles. The van der Waals surface area contributed by atoms with Crippen LogP contribution in [0.25, 0.3) is 0 Å². The molecule has 104 valence electrons. The van der Waals surface area contributed by atoms with Crippen LogP contribution in [0.3, 0.4) is 0 Å². The molecule has 0 aliphatic rings. The molecule has 18 heavy (non-hydrogen) atoms. The fraction of sp³-hybridized carbons (Fsp3) is 0.857. The highest BCUT2D eigenvalue weighted by Crippen LogP contribution is 2.10. The van der Waals surface area contributed by atoms with Gasteiger partial charge >= 0.3 is 0 Å². The monoisotopic (exact) mass is 253 g/mol. The van der Waals surface area contributed by atoms with Gasteiger partial charge in [-0.3, -0.25) is 0 Å². The molecule has 1 N–H and O–H groups in total. The van der Waals surface area contributed by atoms with Gasteiger partial charge in [-0.25, -0.2) is 0 Å². The minimum Gasteiger partial charge on any atom is -0.339 e. The lowest BCUT2D eigenvalue weighted by Crippen LogP contribution is -2.33. The first-order valence-electron chi connectivity index (χ1n) is 7.20. The van der Waals surface area contributed by atoms with Crippen LogP contribution in [-0.2, 0) is 12.8 Å². The Hall–Kier alpha value is -0.900. The molecule has 4 heteroatoms. The van der Waals surface area contributed by atoms with Crippen molar-refractivity contribution in [1.82, 2.24) is 15.5 Å². The quantitative estimate of drug-likeness (QED) is 0.735. The summed E-state index contributed by atoms with van der Waals surface area (Å²) in [7, 11) is 0. The first kappa shape index (κ1) is 15.2. The van der Waals surface area contributed by atoms with E-state index in [1.165, 1.54) is 0 Å². The second-order valence-electron chi connectivity index (χ2n) is 5.34. The highest BCUT2D eigenvalue weighted by Gasteiger charge is 2.15. The Bertz CT molecular complexity index is 323. The normalized spacial score (nSPS) is 13.2. The summed E-state index contributed by atoms with van der Waals surface area (Å²) in [5.74, 6) is 2.29. The van der Waals surface area contributed by atoms with E-state index in [4.69, 9.17) is 4.52 Å². The summed E-state index contributed by atoms with van der Waals surface area (Å²) in [5, 5.41) is 7.57. The summed E-state index contributed by atoms with van der Waals surface area (Å²) in [6.45, 7) is 9.85. The molecule has 0 saturated carbocycles. The average Bonchev–Trinajstić information content (AvgIpc) is 2.73. The van der Waals surface area contributed by atoms with E-state index in [0.717, 1.165) is 50.4 Å². The van der Waals surface area contributed by atoms with Gasteiger partial charge in [0.1, 0.15) is 0 Å². The van der Waals surface area contributed by atoms with Crippen molar-refractivity contribution in [3.05, 3.63) is 11.7 Å². The fourth-order valence-electron chi connectivity index (χ4n) is 2.07. The van der Waals surface area contributed by atoms with Gasteiger partial charge in [0, 0.05) is 18.9 Å². The van der Waals surface area contributed by atoms with Gasteiger partial charge in [0.05, 0.1) is 0 Å². The lowest BCUT2D eigenvalue weighted by molar-refractivity contribution is 0.335. The summed E-state index contributed by atoms with van der Waals surface area (Å²) in [4.78, 5) is 4.44. The first-order chi connectivity index (χ1) is 8.65. The molecule has 0 spiro atoms. The van der Waals surface area contributed by atoms with Crippen molar-refractivity contribution >= 4 is 0 Å². The fourth-order valence-corrected chi connectivity index (χ4v) is 2.07. The molecule has 4 nitrogen and oxygen atoms in total. The highest BCUT2D eigenvalue weighted by atomic mass is 16.5. The van der Waals surface area contributed by atoms with Crippen LogP contribution < -0.4 is 5.32 Å². The van der Waals surface area contributed by atoms with Gasteiger partial charge < -0.3 is 9.84 Å². The van der Waals surface area contributed by atoms with Gasteiger partial charge in [-0.2, -0.15) is 4.98 Å². The van der Waals surface area contributed by atoms with Crippen LogP contribution in [0.5, 0.6) is 0 Å². The Morgan fingerprint density at radius 1 is 1.22 bits per heavy atom. The van der Waals surface area contributed by atoms with Crippen molar-refractivity contribution in [1.29, 1.82) is 0 Å². The summed E-state index contributed by atoms with van der Waals surface area (Å²) >= 11 is 0. The maximum Gasteiger partial charge on any atom is 0.228 e. The standard InChI is InChI=1S/C14H27N3O/c1-5-7-13-16-14(18-17-13)10-12(9-11(3)4)15-8-6-2/h11-12,15H,5-10H2,1-4H3. The lowest BCUT2D eigenvalue weighted by Gasteiger charge is -2.18. The number of aromatic nitrogens is 2. The van der Waals surface area contributed by atoms with Gasteiger partial charge in [-0.15, -0.1) is 0 Å². The van der Waals surface area contributed by atoms with E-state index >= 15 is 0 Å². The molecule has 0 fully saturated rings. The van der Waals surface area contributed by atoms with Crippen molar-refractivity contribution in [2.45, 2.75) is 65.8 Å². The van der Waals surface area contributed by atoms with E-state index in [0.29, 0.717) is 12.0 Å². The zero-order valence-electron chi connectivity index (χ0n) is 12.2. The Labute approximate surface area is 111 Å². The molecule has 0 aromatic carbocycles. The Morgan fingerprint density at radius 3 is 2.61 bits per heavy atom.